The van der Waals surface area contributed by atoms with Crippen LogP contribution in [0.3, 0.4) is 0 Å². The van der Waals surface area contributed by atoms with Gasteiger partial charge in [0.15, 0.2) is 0 Å². The molecular weight excluding hydrogens is 244 g/mol. The Morgan fingerprint density at radius 2 is 2.21 bits per heavy atom. The number of aromatic nitrogens is 1. The Hall–Kier alpha value is -2.11. The molecule has 1 atom stereocenters. The Balaban J connectivity index is 1.72. The maximum atomic E-state index is 12.3. The van der Waals surface area contributed by atoms with E-state index in [1.807, 2.05) is 9.80 Å². The molecule has 0 N–H and O–H groups in total. The van der Waals surface area contributed by atoms with Crippen LogP contribution in [0.5, 0.6) is 0 Å². The number of piperazine rings is 1. The standard InChI is InChI=1S/C13H16N4O2/c1-15-8-11-9-16(5-6-17(11)13(15)19)12(18)10-3-2-4-14-7-10/h2-4,7,11H,5-6,8-9H2,1H3/t11-/m0/s1. The highest BCUT2D eigenvalue weighted by atomic mass is 16.2. The molecule has 2 aliphatic rings. The highest BCUT2D eigenvalue weighted by molar-refractivity contribution is 5.94. The first kappa shape index (κ1) is 12.0. The van der Waals surface area contributed by atoms with Gasteiger partial charge in [0.05, 0.1) is 11.6 Å². The molecule has 3 heterocycles. The van der Waals surface area contributed by atoms with Crippen molar-refractivity contribution in [2.24, 2.45) is 0 Å². The first-order valence-corrected chi connectivity index (χ1v) is 6.38. The molecule has 1 aromatic rings. The van der Waals surface area contributed by atoms with Crippen molar-refractivity contribution >= 4 is 11.9 Å². The average molecular weight is 260 g/mol. The lowest BCUT2D eigenvalue weighted by Crippen LogP contribution is -2.53. The van der Waals surface area contributed by atoms with E-state index in [0.29, 0.717) is 31.7 Å². The van der Waals surface area contributed by atoms with Crippen molar-refractivity contribution in [3.8, 4) is 0 Å². The summed E-state index contributed by atoms with van der Waals surface area (Å²) in [6.07, 6.45) is 3.24. The first-order chi connectivity index (χ1) is 9.16. The minimum absolute atomic E-state index is 0.00486. The van der Waals surface area contributed by atoms with E-state index in [0.717, 1.165) is 0 Å². The molecule has 1 aromatic heterocycles. The molecule has 2 saturated heterocycles. The summed E-state index contributed by atoms with van der Waals surface area (Å²) in [5.41, 5.74) is 0.605. The SMILES string of the molecule is CN1C[C@H]2CN(C(=O)c3cccnc3)CCN2C1=O. The average Bonchev–Trinajstić information content (AvgIpc) is 2.74. The van der Waals surface area contributed by atoms with Crippen LogP contribution in [0.15, 0.2) is 24.5 Å². The van der Waals surface area contributed by atoms with Crippen LogP contribution in [0.2, 0.25) is 0 Å². The van der Waals surface area contributed by atoms with Gasteiger partial charge < -0.3 is 14.7 Å². The summed E-state index contributed by atoms with van der Waals surface area (Å²) in [6, 6.07) is 3.72. The van der Waals surface area contributed by atoms with E-state index < -0.39 is 0 Å². The Labute approximate surface area is 111 Å². The third kappa shape index (κ3) is 2.03. The van der Waals surface area contributed by atoms with Gasteiger partial charge in [-0.25, -0.2) is 4.79 Å². The number of hydrogen-bond donors (Lipinski definition) is 0. The third-order valence-corrected chi connectivity index (χ3v) is 3.74. The molecule has 0 unspecified atom stereocenters. The minimum atomic E-state index is -0.00486. The number of nitrogens with zero attached hydrogens (tertiary/aromatic N) is 4. The molecule has 2 aliphatic heterocycles. The van der Waals surface area contributed by atoms with Crippen LogP contribution in [0.1, 0.15) is 10.4 Å². The quantitative estimate of drug-likeness (QED) is 0.728. The molecule has 0 bridgehead atoms. The Kier molecular flexibility index (Phi) is 2.85. The predicted octanol–water partition coefficient (Wildman–Crippen LogP) is 0.273. The number of carbonyl (C=O) groups excluding carboxylic acids is 2. The van der Waals surface area contributed by atoms with Gasteiger partial charge in [-0.3, -0.25) is 9.78 Å². The number of amides is 3. The fraction of sp³-hybridized carbons (Fsp3) is 0.462. The molecule has 2 fully saturated rings. The lowest BCUT2D eigenvalue weighted by molar-refractivity contribution is 0.0616. The van der Waals surface area contributed by atoms with E-state index in [2.05, 4.69) is 4.98 Å². The van der Waals surface area contributed by atoms with Gasteiger partial charge in [0.2, 0.25) is 0 Å². The smallest absolute Gasteiger partial charge is 0.320 e. The molecule has 0 spiro atoms. The number of likely N-dealkylation sites (N-methyl/N-ethyl adjacent to an activating group) is 1. The number of fused-ring (bicyclic) bond motifs is 1. The topological polar surface area (TPSA) is 56.8 Å². The van der Waals surface area contributed by atoms with Crippen LogP contribution in [0.4, 0.5) is 4.79 Å². The van der Waals surface area contributed by atoms with E-state index in [1.165, 1.54) is 0 Å². The summed E-state index contributed by atoms with van der Waals surface area (Å²) in [5.74, 6) is -0.00486. The summed E-state index contributed by atoms with van der Waals surface area (Å²) in [7, 11) is 1.80. The highest BCUT2D eigenvalue weighted by Crippen LogP contribution is 2.20. The highest BCUT2D eigenvalue weighted by Gasteiger charge is 2.40. The maximum absolute atomic E-state index is 12.3. The van der Waals surface area contributed by atoms with Gasteiger partial charge in [-0.05, 0) is 12.1 Å². The van der Waals surface area contributed by atoms with Crippen LogP contribution in [0.25, 0.3) is 0 Å². The monoisotopic (exact) mass is 260 g/mol. The second kappa shape index (κ2) is 4.53. The lowest BCUT2D eigenvalue weighted by Gasteiger charge is -2.36. The summed E-state index contributed by atoms with van der Waals surface area (Å²) < 4.78 is 0. The molecular formula is C13H16N4O2. The number of rotatable bonds is 1. The number of hydrogen-bond acceptors (Lipinski definition) is 3. The zero-order chi connectivity index (χ0) is 13.4. The third-order valence-electron chi connectivity index (χ3n) is 3.74. The predicted molar refractivity (Wildman–Crippen MR) is 68.7 cm³/mol. The van der Waals surface area contributed by atoms with E-state index >= 15 is 0 Å². The van der Waals surface area contributed by atoms with E-state index in [-0.39, 0.29) is 18.0 Å². The molecule has 6 heteroatoms. The van der Waals surface area contributed by atoms with Crippen LogP contribution in [-0.4, -0.2) is 70.9 Å². The molecule has 3 rings (SSSR count). The van der Waals surface area contributed by atoms with Gasteiger partial charge in [0.25, 0.3) is 5.91 Å². The normalized spacial score (nSPS) is 22.7. The second-order valence-electron chi connectivity index (χ2n) is 5.00. The van der Waals surface area contributed by atoms with E-state index in [4.69, 9.17) is 0 Å². The van der Waals surface area contributed by atoms with Gasteiger partial charge >= 0.3 is 6.03 Å². The summed E-state index contributed by atoms with van der Waals surface area (Å²) >= 11 is 0. The Bertz CT molecular complexity index is 505. The lowest BCUT2D eigenvalue weighted by atomic mass is 10.1. The molecule has 3 amide bonds. The van der Waals surface area contributed by atoms with Gasteiger partial charge in [0, 0.05) is 45.6 Å². The van der Waals surface area contributed by atoms with Crippen molar-refractivity contribution in [3.05, 3.63) is 30.1 Å². The van der Waals surface area contributed by atoms with Crippen molar-refractivity contribution in [2.75, 3.05) is 33.2 Å². The molecule has 0 radical (unpaired) electrons. The Morgan fingerprint density at radius 1 is 1.37 bits per heavy atom. The summed E-state index contributed by atoms with van der Waals surface area (Å²) in [4.78, 5) is 33.5. The van der Waals surface area contributed by atoms with E-state index in [9.17, 15) is 9.59 Å². The molecule has 0 saturated carbocycles. The molecule has 19 heavy (non-hydrogen) atoms. The first-order valence-electron chi connectivity index (χ1n) is 6.38. The molecule has 0 aromatic carbocycles. The van der Waals surface area contributed by atoms with Gasteiger partial charge in [0.1, 0.15) is 0 Å². The van der Waals surface area contributed by atoms with Crippen molar-refractivity contribution in [1.82, 2.24) is 19.7 Å². The fourth-order valence-corrected chi connectivity index (χ4v) is 2.73. The van der Waals surface area contributed by atoms with E-state index in [1.54, 1.807) is 36.5 Å². The van der Waals surface area contributed by atoms with Crippen molar-refractivity contribution < 1.29 is 9.59 Å². The van der Waals surface area contributed by atoms with Crippen LogP contribution >= 0.6 is 0 Å². The van der Waals surface area contributed by atoms with Crippen molar-refractivity contribution in [2.45, 2.75) is 6.04 Å². The minimum Gasteiger partial charge on any atom is -0.335 e. The van der Waals surface area contributed by atoms with Crippen LogP contribution < -0.4 is 0 Å². The maximum Gasteiger partial charge on any atom is 0.320 e. The molecule has 0 aliphatic carbocycles. The van der Waals surface area contributed by atoms with Gasteiger partial charge in [-0.1, -0.05) is 0 Å². The van der Waals surface area contributed by atoms with Crippen molar-refractivity contribution in [3.63, 3.8) is 0 Å². The number of carbonyl (C=O) groups is 2. The molecule has 100 valence electrons. The van der Waals surface area contributed by atoms with Gasteiger partial charge in [-0.2, -0.15) is 0 Å². The molecule has 6 nitrogen and oxygen atoms in total. The summed E-state index contributed by atoms with van der Waals surface area (Å²) in [5, 5.41) is 0. The second-order valence-corrected chi connectivity index (χ2v) is 5.00. The van der Waals surface area contributed by atoms with Crippen LogP contribution in [-0.2, 0) is 0 Å². The number of pyridine rings is 1. The number of urea groups is 1. The van der Waals surface area contributed by atoms with Crippen LogP contribution in [0, 0.1) is 0 Å². The fourth-order valence-electron chi connectivity index (χ4n) is 2.73. The largest absolute Gasteiger partial charge is 0.335 e. The zero-order valence-corrected chi connectivity index (χ0v) is 10.8. The Morgan fingerprint density at radius 3 is 2.95 bits per heavy atom. The summed E-state index contributed by atoms with van der Waals surface area (Å²) in [6.45, 7) is 2.49. The zero-order valence-electron chi connectivity index (χ0n) is 10.8. The van der Waals surface area contributed by atoms with Crippen molar-refractivity contribution in [1.29, 1.82) is 0 Å². The van der Waals surface area contributed by atoms with Gasteiger partial charge in [-0.15, -0.1) is 0 Å².